The van der Waals surface area contributed by atoms with Gasteiger partial charge >= 0.3 is 20.3 Å². The van der Waals surface area contributed by atoms with Crippen LogP contribution in [0.4, 0.5) is 5.69 Å². The number of rotatable bonds is 6. The fourth-order valence-corrected chi connectivity index (χ4v) is 4.70. The molecule has 162 valence electrons. The van der Waals surface area contributed by atoms with E-state index in [2.05, 4.69) is 0 Å². The molecule has 1 heterocycles. The molecule has 0 bridgehead atoms. The molecule has 1 aliphatic rings. The van der Waals surface area contributed by atoms with Crippen molar-refractivity contribution in [1.29, 1.82) is 0 Å². The Morgan fingerprint density at radius 3 is 2.40 bits per heavy atom. The molecule has 0 aromatic heterocycles. The van der Waals surface area contributed by atoms with Crippen LogP contribution in [0, 0.1) is 0 Å². The van der Waals surface area contributed by atoms with E-state index in [1.807, 2.05) is 18.6 Å². The molecule has 0 fully saturated rings. The van der Waals surface area contributed by atoms with Gasteiger partial charge in [0.2, 0.25) is 5.88 Å². The van der Waals surface area contributed by atoms with Crippen LogP contribution in [0.5, 0.6) is 11.5 Å². The van der Waals surface area contributed by atoms with Crippen molar-refractivity contribution in [2.24, 2.45) is 0 Å². The first-order valence-corrected chi connectivity index (χ1v) is 12.2. The fourth-order valence-electron chi connectivity index (χ4n) is 3.12. The molecule has 0 spiro atoms. The molecule has 0 saturated carbocycles. The Hall–Kier alpha value is -2.92. The molecule has 9 nitrogen and oxygen atoms in total. The standard InChI is InChI=1S/C19H22N2O7S2/c1-12(2)15-6-4-5-14(19(15)28-29(3,24)25)9-13-7-8-16(17(22)10-13)21-11-18(23)20-30(21,26)27/h4-8,10-12,20,22-23H,9H2,1-3H3. The lowest BCUT2D eigenvalue weighted by atomic mass is 9.96. The molecule has 0 saturated heterocycles. The summed E-state index contributed by atoms with van der Waals surface area (Å²) in [5.41, 5.74) is 1.90. The summed E-state index contributed by atoms with van der Waals surface area (Å²) in [6.45, 7) is 3.84. The van der Waals surface area contributed by atoms with Gasteiger partial charge in [-0.05, 0) is 29.2 Å². The Balaban J connectivity index is 1.98. The number of hydrogen-bond donors (Lipinski definition) is 3. The zero-order valence-corrected chi connectivity index (χ0v) is 18.2. The van der Waals surface area contributed by atoms with E-state index in [0.717, 1.165) is 22.3 Å². The number of aromatic hydroxyl groups is 1. The van der Waals surface area contributed by atoms with Crippen molar-refractivity contribution >= 4 is 26.0 Å². The number of phenols is 1. The highest BCUT2D eigenvalue weighted by Crippen LogP contribution is 2.36. The van der Waals surface area contributed by atoms with E-state index < -0.39 is 26.2 Å². The van der Waals surface area contributed by atoms with Crippen LogP contribution in [-0.4, -0.2) is 33.3 Å². The number of phenolic OH excluding ortho intramolecular Hbond substituents is 1. The molecule has 0 unspecified atom stereocenters. The Morgan fingerprint density at radius 1 is 1.17 bits per heavy atom. The summed E-state index contributed by atoms with van der Waals surface area (Å²) in [6.07, 6.45) is 2.15. The van der Waals surface area contributed by atoms with Crippen molar-refractivity contribution < 1.29 is 31.2 Å². The summed E-state index contributed by atoms with van der Waals surface area (Å²) < 4.78 is 55.4. The smallest absolute Gasteiger partial charge is 0.330 e. The first kappa shape index (κ1) is 21.8. The summed E-state index contributed by atoms with van der Waals surface area (Å²) in [4.78, 5) is 0. The topological polar surface area (TPSA) is 133 Å². The molecule has 30 heavy (non-hydrogen) atoms. The van der Waals surface area contributed by atoms with Crippen molar-refractivity contribution in [3.8, 4) is 11.5 Å². The van der Waals surface area contributed by atoms with Gasteiger partial charge < -0.3 is 14.4 Å². The maximum Gasteiger partial charge on any atom is 0.330 e. The normalized spacial score (nSPS) is 15.7. The molecule has 0 amide bonds. The van der Waals surface area contributed by atoms with Crippen molar-refractivity contribution in [2.45, 2.75) is 26.2 Å². The zero-order chi connectivity index (χ0) is 22.3. The molecule has 1 aliphatic heterocycles. The predicted molar refractivity (Wildman–Crippen MR) is 112 cm³/mol. The number of nitrogens with one attached hydrogen (secondary N) is 1. The second kappa shape index (κ2) is 7.73. The molecule has 0 aliphatic carbocycles. The molecular formula is C19H22N2O7S2. The molecule has 2 aromatic rings. The van der Waals surface area contributed by atoms with Crippen molar-refractivity contribution in [2.75, 3.05) is 10.6 Å². The summed E-state index contributed by atoms with van der Waals surface area (Å²) in [7, 11) is -7.78. The van der Waals surface area contributed by atoms with E-state index >= 15 is 0 Å². The van der Waals surface area contributed by atoms with Crippen molar-refractivity contribution in [1.82, 2.24) is 4.72 Å². The molecule has 0 radical (unpaired) electrons. The largest absolute Gasteiger partial charge is 0.506 e. The summed E-state index contributed by atoms with van der Waals surface area (Å²) in [5, 5.41) is 19.8. The maximum absolute atomic E-state index is 12.0. The molecular weight excluding hydrogens is 432 g/mol. The van der Waals surface area contributed by atoms with Crippen LogP contribution < -0.4 is 13.2 Å². The van der Waals surface area contributed by atoms with Gasteiger partial charge in [0.25, 0.3) is 0 Å². The van der Waals surface area contributed by atoms with E-state index in [1.54, 1.807) is 24.3 Å². The van der Waals surface area contributed by atoms with E-state index in [9.17, 15) is 27.0 Å². The zero-order valence-electron chi connectivity index (χ0n) is 16.5. The third-order valence-electron chi connectivity index (χ3n) is 4.39. The average molecular weight is 455 g/mol. The lowest BCUT2D eigenvalue weighted by Gasteiger charge is -2.18. The van der Waals surface area contributed by atoms with Gasteiger partial charge in [-0.1, -0.05) is 38.1 Å². The van der Waals surface area contributed by atoms with Gasteiger partial charge in [-0.25, -0.2) is 9.03 Å². The minimum Gasteiger partial charge on any atom is -0.506 e. The van der Waals surface area contributed by atoms with Gasteiger partial charge in [0.1, 0.15) is 17.2 Å². The first-order valence-electron chi connectivity index (χ1n) is 8.93. The molecule has 2 aromatic carbocycles. The molecule has 3 N–H and O–H groups in total. The summed E-state index contributed by atoms with van der Waals surface area (Å²) >= 11 is 0. The predicted octanol–water partition coefficient (Wildman–Crippen LogP) is 2.46. The fraction of sp³-hybridized carbons (Fsp3) is 0.263. The minimum atomic E-state index is -4.03. The highest BCUT2D eigenvalue weighted by Gasteiger charge is 2.30. The SMILES string of the molecule is CC(C)c1cccc(Cc2ccc(N3C=C(O)NS3(=O)=O)c(O)c2)c1OS(C)(=O)=O. The van der Waals surface area contributed by atoms with Gasteiger partial charge in [0, 0.05) is 12.0 Å². The first-order chi connectivity index (χ1) is 13.9. The van der Waals surface area contributed by atoms with Crippen LogP contribution in [0.2, 0.25) is 0 Å². The second-order valence-electron chi connectivity index (χ2n) is 7.19. The van der Waals surface area contributed by atoms with E-state index in [-0.39, 0.29) is 29.5 Å². The van der Waals surface area contributed by atoms with Crippen LogP contribution in [0.3, 0.4) is 0 Å². The van der Waals surface area contributed by atoms with Crippen LogP contribution >= 0.6 is 0 Å². The van der Waals surface area contributed by atoms with Gasteiger partial charge in [0.05, 0.1) is 12.5 Å². The highest BCUT2D eigenvalue weighted by atomic mass is 32.2. The molecule has 0 atom stereocenters. The van der Waals surface area contributed by atoms with Crippen LogP contribution in [-0.2, 0) is 26.7 Å². The second-order valence-corrected chi connectivity index (χ2v) is 10.3. The number of hydrogen-bond acceptors (Lipinski definition) is 7. The Kier molecular flexibility index (Phi) is 5.61. The van der Waals surface area contributed by atoms with Crippen molar-refractivity contribution in [3.63, 3.8) is 0 Å². The lowest BCUT2D eigenvalue weighted by molar-refractivity contribution is 0.392. The minimum absolute atomic E-state index is 0.0183. The van der Waals surface area contributed by atoms with Gasteiger partial charge in [-0.15, -0.1) is 0 Å². The number of aliphatic hydroxyl groups excluding tert-OH is 1. The van der Waals surface area contributed by atoms with E-state index in [0.29, 0.717) is 11.1 Å². The van der Waals surface area contributed by atoms with Crippen LogP contribution in [0.15, 0.2) is 48.5 Å². The number of benzene rings is 2. The number of nitrogens with zero attached hydrogens (tertiary/aromatic N) is 1. The highest BCUT2D eigenvalue weighted by molar-refractivity contribution is 7.91. The average Bonchev–Trinajstić information content (AvgIpc) is 2.87. The molecule has 11 heteroatoms. The third kappa shape index (κ3) is 4.62. The lowest BCUT2D eigenvalue weighted by Crippen LogP contribution is -2.29. The molecule has 3 rings (SSSR count). The van der Waals surface area contributed by atoms with E-state index in [4.69, 9.17) is 4.18 Å². The quantitative estimate of drug-likeness (QED) is 0.571. The van der Waals surface area contributed by atoms with E-state index in [1.165, 1.54) is 12.1 Å². The summed E-state index contributed by atoms with van der Waals surface area (Å²) in [5.74, 6) is -0.622. The monoisotopic (exact) mass is 454 g/mol. The Bertz CT molecular complexity index is 1220. The third-order valence-corrected chi connectivity index (χ3v) is 6.14. The Labute approximate surface area is 175 Å². The van der Waals surface area contributed by atoms with Gasteiger partial charge in [-0.3, -0.25) is 0 Å². The van der Waals surface area contributed by atoms with Crippen LogP contribution in [0.1, 0.15) is 36.5 Å². The van der Waals surface area contributed by atoms with Crippen molar-refractivity contribution in [3.05, 3.63) is 65.2 Å². The van der Waals surface area contributed by atoms with Crippen LogP contribution in [0.25, 0.3) is 0 Å². The number of para-hydroxylation sites is 1. The number of anilines is 1. The maximum atomic E-state index is 12.0. The Morgan fingerprint density at radius 2 is 1.87 bits per heavy atom. The van der Waals surface area contributed by atoms with Gasteiger partial charge in [0.15, 0.2) is 0 Å². The van der Waals surface area contributed by atoms with Gasteiger partial charge in [-0.2, -0.15) is 16.8 Å². The summed E-state index contributed by atoms with van der Waals surface area (Å²) in [6, 6.07) is 9.68. The number of aliphatic hydroxyl groups is 1.